The minimum atomic E-state index is -0.160. The zero-order chi connectivity index (χ0) is 13.9. The Hall–Kier alpha value is -0.610. The predicted molar refractivity (Wildman–Crippen MR) is 78.1 cm³/mol. The van der Waals surface area contributed by atoms with E-state index >= 15 is 0 Å². The average Bonchev–Trinajstić information content (AvgIpc) is 2.39. The van der Waals surface area contributed by atoms with Crippen LogP contribution >= 0.6 is 0 Å². The van der Waals surface area contributed by atoms with Crippen LogP contribution in [-0.2, 0) is 4.79 Å². The van der Waals surface area contributed by atoms with Gasteiger partial charge in [-0.2, -0.15) is 0 Å². The molecule has 2 rings (SSSR count). The zero-order valence-corrected chi connectivity index (χ0v) is 12.7. The molecule has 1 atom stereocenters. The molecule has 1 N–H and O–H groups in total. The molecule has 0 spiro atoms. The standard InChI is InChI=1S/C15H29N3O/c1-15(7-4-8-16-12-15)14(19)18-9-5-13(6-10-18)11-17(2)3/h13,16H,4-12H2,1-3H3. The third-order valence-electron chi connectivity index (χ3n) is 4.64. The van der Waals surface area contributed by atoms with Crippen LogP contribution in [0.25, 0.3) is 0 Å². The third-order valence-corrected chi connectivity index (χ3v) is 4.64. The van der Waals surface area contributed by atoms with E-state index in [1.807, 2.05) is 0 Å². The summed E-state index contributed by atoms with van der Waals surface area (Å²) in [7, 11) is 4.26. The van der Waals surface area contributed by atoms with Crippen LogP contribution in [0, 0.1) is 11.3 Å². The second-order valence-corrected chi connectivity index (χ2v) is 6.84. The number of nitrogens with zero attached hydrogens (tertiary/aromatic N) is 2. The van der Waals surface area contributed by atoms with Crippen molar-refractivity contribution in [3.05, 3.63) is 0 Å². The fourth-order valence-electron chi connectivity index (χ4n) is 3.46. The Kier molecular flexibility index (Phi) is 4.85. The zero-order valence-electron chi connectivity index (χ0n) is 12.7. The minimum absolute atomic E-state index is 0.160. The molecule has 4 heteroatoms. The lowest BCUT2D eigenvalue weighted by atomic mass is 9.80. The van der Waals surface area contributed by atoms with E-state index in [2.05, 4.69) is 36.1 Å². The first-order chi connectivity index (χ1) is 9.01. The molecular weight excluding hydrogens is 238 g/mol. The number of likely N-dealkylation sites (tertiary alicyclic amines) is 1. The fraction of sp³-hybridized carbons (Fsp3) is 0.933. The van der Waals surface area contributed by atoms with Crippen molar-refractivity contribution in [3.63, 3.8) is 0 Å². The van der Waals surface area contributed by atoms with Gasteiger partial charge in [-0.1, -0.05) is 0 Å². The van der Waals surface area contributed by atoms with E-state index in [0.717, 1.165) is 64.3 Å². The summed E-state index contributed by atoms with van der Waals surface area (Å²) in [6, 6.07) is 0. The topological polar surface area (TPSA) is 35.6 Å². The number of piperidine rings is 2. The van der Waals surface area contributed by atoms with Gasteiger partial charge in [0.1, 0.15) is 0 Å². The first-order valence-electron chi connectivity index (χ1n) is 7.66. The first-order valence-corrected chi connectivity index (χ1v) is 7.66. The van der Waals surface area contributed by atoms with E-state index in [1.165, 1.54) is 0 Å². The molecule has 1 amide bonds. The summed E-state index contributed by atoms with van der Waals surface area (Å²) < 4.78 is 0. The van der Waals surface area contributed by atoms with Crippen LogP contribution in [0.2, 0.25) is 0 Å². The summed E-state index contributed by atoms with van der Waals surface area (Å²) in [4.78, 5) is 17.0. The van der Waals surface area contributed by atoms with Crippen LogP contribution in [0.3, 0.4) is 0 Å². The van der Waals surface area contributed by atoms with Crippen LogP contribution in [-0.4, -0.2) is 62.5 Å². The highest BCUT2D eigenvalue weighted by Gasteiger charge is 2.38. The quantitative estimate of drug-likeness (QED) is 0.834. The molecule has 2 aliphatic heterocycles. The van der Waals surface area contributed by atoms with E-state index in [0.29, 0.717) is 5.91 Å². The summed E-state index contributed by atoms with van der Waals surface area (Å²) in [6.07, 6.45) is 4.48. The van der Waals surface area contributed by atoms with Gasteiger partial charge in [-0.3, -0.25) is 4.79 Å². The van der Waals surface area contributed by atoms with Gasteiger partial charge in [0, 0.05) is 26.2 Å². The van der Waals surface area contributed by atoms with Crippen molar-refractivity contribution < 1.29 is 4.79 Å². The van der Waals surface area contributed by atoms with E-state index in [9.17, 15) is 4.79 Å². The Morgan fingerprint density at radius 2 is 2.05 bits per heavy atom. The first kappa shape index (κ1) is 14.8. The highest BCUT2D eigenvalue weighted by atomic mass is 16.2. The monoisotopic (exact) mass is 267 g/mol. The largest absolute Gasteiger partial charge is 0.342 e. The van der Waals surface area contributed by atoms with E-state index in [-0.39, 0.29) is 5.41 Å². The molecule has 0 aromatic carbocycles. The van der Waals surface area contributed by atoms with Crippen LogP contribution in [0.5, 0.6) is 0 Å². The minimum Gasteiger partial charge on any atom is -0.342 e. The SMILES string of the molecule is CN(C)CC1CCN(C(=O)C2(C)CCCNC2)CC1. The molecule has 0 aromatic rings. The lowest BCUT2D eigenvalue weighted by molar-refractivity contribution is -0.143. The van der Waals surface area contributed by atoms with Crippen LogP contribution in [0.1, 0.15) is 32.6 Å². The number of hydrogen-bond acceptors (Lipinski definition) is 3. The van der Waals surface area contributed by atoms with E-state index in [4.69, 9.17) is 0 Å². The maximum atomic E-state index is 12.7. The Morgan fingerprint density at radius 1 is 1.37 bits per heavy atom. The Labute approximate surface area is 117 Å². The summed E-state index contributed by atoms with van der Waals surface area (Å²) in [5.41, 5.74) is -0.160. The maximum absolute atomic E-state index is 12.7. The van der Waals surface area contributed by atoms with Crippen molar-refractivity contribution in [1.29, 1.82) is 0 Å². The normalized spacial score (nSPS) is 29.8. The van der Waals surface area contributed by atoms with Crippen molar-refractivity contribution in [2.75, 3.05) is 46.8 Å². The van der Waals surface area contributed by atoms with Gasteiger partial charge in [-0.05, 0) is 59.2 Å². The second-order valence-electron chi connectivity index (χ2n) is 6.84. The Morgan fingerprint density at radius 3 is 2.58 bits per heavy atom. The van der Waals surface area contributed by atoms with E-state index in [1.54, 1.807) is 0 Å². The predicted octanol–water partition coefficient (Wildman–Crippen LogP) is 1.18. The number of rotatable bonds is 3. The van der Waals surface area contributed by atoms with Gasteiger partial charge in [-0.15, -0.1) is 0 Å². The highest BCUT2D eigenvalue weighted by molar-refractivity contribution is 5.82. The summed E-state index contributed by atoms with van der Waals surface area (Å²) in [5.74, 6) is 1.14. The van der Waals surface area contributed by atoms with Crippen molar-refractivity contribution >= 4 is 5.91 Å². The van der Waals surface area contributed by atoms with Gasteiger partial charge in [0.2, 0.25) is 5.91 Å². The number of carbonyl (C=O) groups excluding carboxylic acids is 1. The third kappa shape index (κ3) is 3.69. The van der Waals surface area contributed by atoms with Crippen molar-refractivity contribution in [3.8, 4) is 0 Å². The van der Waals surface area contributed by atoms with Crippen LogP contribution in [0.15, 0.2) is 0 Å². The molecule has 1 unspecified atom stereocenters. The summed E-state index contributed by atoms with van der Waals surface area (Å²) in [6.45, 7) is 7.10. The van der Waals surface area contributed by atoms with Crippen molar-refractivity contribution in [1.82, 2.24) is 15.1 Å². The van der Waals surface area contributed by atoms with Gasteiger partial charge >= 0.3 is 0 Å². The van der Waals surface area contributed by atoms with Gasteiger partial charge < -0.3 is 15.1 Å². The molecule has 0 saturated carbocycles. The molecule has 0 aromatic heterocycles. The number of carbonyl (C=O) groups is 1. The van der Waals surface area contributed by atoms with Gasteiger partial charge in [0.05, 0.1) is 5.41 Å². The Balaban J connectivity index is 1.85. The highest BCUT2D eigenvalue weighted by Crippen LogP contribution is 2.30. The molecule has 110 valence electrons. The van der Waals surface area contributed by atoms with Crippen LogP contribution < -0.4 is 5.32 Å². The fourth-order valence-corrected chi connectivity index (χ4v) is 3.46. The molecule has 0 bridgehead atoms. The van der Waals surface area contributed by atoms with Gasteiger partial charge in [0.15, 0.2) is 0 Å². The molecule has 0 radical (unpaired) electrons. The van der Waals surface area contributed by atoms with Crippen LogP contribution in [0.4, 0.5) is 0 Å². The average molecular weight is 267 g/mol. The lowest BCUT2D eigenvalue weighted by Gasteiger charge is -2.40. The molecule has 2 fully saturated rings. The van der Waals surface area contributed by atoms with Gasteiger partial charge in [0.25, 0.3) is 0 Å². The number of nitrogens with one attached hydrogen (secondary N) is 1. The van der Waals surface area contributed by atoms with Gasteiger partial charge in [-0.25, -0.2) is 0 Å². The molecule has 2 aliphatic rings. The van der Waals surface area contributed by atoms with Crippen molar-refractivity contribution in [2.45, 2.75) is 32.6 Å². The molecule has 2 heterocycles. The smallest absolute Gasteiger partial charge is 0.229 e. The molecule has 4 nitrogen and oxygen atoms in total. The molecular formula is C15H29N3O. The molecule has 19 heavy (non-hydrogen) atoms. The molecule has 0 aliphatic carbocycles. The number of hydrogen-bond donors (Lipinski definition) is 1. The second kappa shape index (κ2) is 6.23. The lowest BCUT2D eigenvalue weighted by Crippen LogP contribution is -2.52. The van der Waals surface area contributed by atoms with E-state index < -0.39 is 0 Å². The summed E-state index contributed by atoms with van der Waals surface area (Å²) >= 11 is 0. The maximum Gasteiger partial charge on any atom is 0.229 e. The number of amides is 1. The summed E-state index contributed by atoms with van der Waals surface area (Å²) in [5, 5.41) is 3.38. The van der Waals surface area contributed by atoms with Crippen molar-refractivity contribution in [2.24, 2.45) is 11.3 Å². The Bertz CT molecular complexity index is 303. The molecule has 2 saturated heterocycles.